The second-order valence-corrected chi connectivity index (χ2v) is 7.02. The monoisotopic (exact) mass is 339 g/mol. The quantitative estimate of drug-likeness (QED) is 0.661. The van der Waals surface area contributed by atoms with Crippen LogP contribution in [-0.4, -0.2) is 60.6 Å². The Bertz CT molecular complexity index is 525. The summed E-state index contributed by atoms with van der Waals surface area (Å²) >= 11 is 6.08. The zero-order valence-electron chi connectivity index (χ0n) is 14.8. The number of rotatable bonds is 5. The average molecular weight is 340 g/mol. The molecular weight excluding hydrogens is 310 g/mol. The number of aliphatic imine (C=N–C) groups is 1. The van der Waals surface area contributed by atoms with Crippen LogP contribution in [0.1, 0.15) is 25.5 Å². The van der Waals surface area contributed by atoms with Gasteiger partial charge < -0.3 is 19.7 Å². The molecule has 1 aliphatic rings. The maximum atomic E-state index is 6.08. The molecular formula is C17H30ClN5. The second kappa shape index (κ2) is 8.60. The lowest BCUT2D eigenvalue weighted by atomic mass is 9.99. The number of aromatic nitrogens is 1. The Morgan fingerprint density at radius 2 is 2.26 bits per heavy atom. The van der Waals surface area contributed by atoms with Crippen LogP contribution >= 0.6 is 11.6 Å². The van der Waals surface area contributed by atoms with Gasteiger partial charge in [-0.05, 0) is 45.3 Å². The van der Waals surface area contributed by atoms with E-state index in [0.717, 1.165) is 37.2 Å². The summed E-state index contributed by atoms with van der Waals surface area (Å²) in [5.41, 5.74) is 1.18. The van der Waals surface area contributed by atoms with Crippen LogP contribution in [0.25, 0.3) is 0 Å². The SMILES string of the molecule is CCNC(=NCC1CCCN(C)C1)N(C)Cc1cc(Cl)cn1C. The summed E-state index contributed by atoms with van der Waals surface area (Å²) in [5.74, 6) is 1.64. The summed E-state index contributed by atoms with van der Waals surface area (Å²) in [4.78, 5) is 9.44. The van der Waals surface area contributed by atoms with Gasteiger partial charge in [0.2, 0.25) is 0 Å². The third-order valence-corrected chi connectivity index (χ3v) is 4.60. The van der Waals surface area contributed by atoms with Crippen molar-refractivity contribution in [2.45, 2.75) is 26.3 Å². The molecule has 0 spiro atoms. The Morgan fingerprint density at radius 1 is 1.48 bits per heavy atom. The molecule has 6 heteroatoms. The molecule has 1 aromatic rings. The van der Waals surface area contributed by atoms with Gasteiger partial charge in [-0.2, -0.15) is 0 Å². The first-order chi connectivity index (χ1) is 11.0. The average Bonchev–Trinajstić information content (AvgIpc) is 2.81. The molecule has 2 rings (SSSR count). The lowest BCUT2D eigenvalue weighted by Gasteiger charge is -2.29. The van der Waals surface area contributed by atoms with Gasteiger partial charge in [-0.15, -0.1) is 0 Å². The molecule has 1 unspecified atom stereocenters. The smallest absolute Gasteiger partial charge is 0.194 e. The van der Waals surface area contributed by atoms with E-state index < -0.39 is 0 Å². The zero-order chi connectivity index (χ0) is 16.8. The van der Waals surface area contributed by atoms with Gasteiger partial charge in [-0.1, -0.05) is 11.6 Å². The van der Waals surface area contributed by atoms with Crippen LogP contribution in [0.2, 0.25) is 5.02 Å². The van der Waals surface area contributed by atoms with Crippen molar-refractivity contribution in [3.63, 3.8) is 0 Å². The fourth-order valence-corrected chi connectivity index (χ4v) is 3.42. The molecule has 0 radical (unpaired) electrons. The Morgan fingerprint density at radius 3 is 2.87 bits per heavy atom. The van der Waals surface area contributed by atoms with E-state index in [1.54, 1.807) is 0 Å². The molecule has 23 heavy (non-hydrogen) atoms. The highest BCUT2D eigenvalue weighted by Crippen LogP contribution is 2.16. The van der Waals surface area contributed by atoms with E-state index in [1.165, 1.54) is 25.1 Å². The summed E-state index contributed by atoms with van der Waals surface area (Å²) in [6, 6.07) is 2.01. The molecule has 0 bridgehead atoms. The standard InChI is InChI=1S/C17H30ClN5/c1-5-19-17(20-10-14-7-6-8-21(2)11-14)23(4)13-16-9-15(18)12-22(16)3/h9,12,14H,5-8,10-11,13H2,1-4H3,(H,19,20). The zero-order valence-corrected chi connectivity index (χ0v) is 15.6. The molecule has 0 saturated carbocycles. The van der Waals surface area contributed by atoms with Crippen molar-refractivity contribution < 1.29 is 0 Å². The summed E-state index contributed by atoms with van der Waals surface area (Å²) < 4.78 is 2.07. The van der Waals surface area contributed by atoms with Gasteiger partial charge >= 0.3 is 0 Å². The van der Waals surface area contributed by atoms with Crippen molar-refractivity contribution in [2.24, 2.45) is 18.0 Å². The van der Waals surface area contributed by atoms with Crippen LogP contribution in [0.15, 0.2) is 17.3 Å². The lowest BCUT2D eigenvalue weighted by Crippen LogP contribution is -2.40. The molecule has 0 aromatic carbocycles. The van der Waals surface area contributed by atoms with Gasteiger partial charge in [0.25, 0.3) is 0 Å². The summed E-state index contributed by atoms with van der Waals surface area (Å²) in [7, 11) is 6.30. The van der Waals surface area contributed by atoms with E-state index in [-0.39, 0.29) is 0 Å². The molecule has 1 atom stereocenters. The molecule has 1 aromatic heterocycles. The van der Waals surface area contributed by atoms with E-state index in [1.807, 2.05) is 19.3 Å². The fourth-order valence-electron chi connectivity index (χ4n) is 3.15. The number of piperidine rings is 1. The van der Waals surface area contributed by atoms with E-state index in [2.05, 4.69) is 40.7 Å². The summed E-state index contributed by atoms with van der Waals surface area (Å²) in [5, 5.41) is 4.18. The van der Waals surface area contributed by atoms with E-state index >= 15 is 0 Å². The van der Waals surface area contributed by atoms with Crippen molar-refractivity contribution in [1.82, 2.24) is 19.7 Å². The summed E-state index contributed by atoms with van der Waals surface area (Å²) in [6.45, 7) is 7.04. The predicted octanol–water partition coefficient (Wildman–Crippen LogP) is 2.42. The van der Waals surface area contributed by atoms with Gasteiger partial charge in [0, 0.05) is 45.6 Å². The van der Waals surface area contributed by atoms with Crippen LogP contribution in [0, 0.1) is 5.92 Å². The first kappa shape index (κ1) is 18.1. The largest absolute Gasteiger partial charge is 0.357 e. The highest BCUT2D eigenvalue weighted by Gasteiger charge is 2.17. The first-order valence-corrected chi connectivity index (χ1v) is 8.86. The minimum absolute atomic E-state index is 0.667. The van der Waals surface area contributed by atoms with Gasteiger partial charge in [-0.25, -0.2) is 0 Å². The Labute approximate surface area is 145 Å². The number of hydrogen-bond acceptors (Lipinski definition) is 2. The molecule has 2 heterocycles. The second-order valence-electron chi connectivity index (χ2n) is 6.58. The van der Waals surface area contributed by atoms with Gasteiger partial charge in [0.05, 0.1) is 11.6 Å². The molecule has 130 valence electrons. The first-order valence-electron chi connectivity index (χ1n) is 8.48. The number of halogens is 1. The minimum atomic E-state index is 0.667. The third-order valence-electron chi connectivity index (χ3n) is 4.39. The fraction of sp³-hybridized carbons (Fsp3) is 0.706. The molecule has 1 fully saturated rings. The van der Waals surface area contributed by atoms with Gasteiger partial charge in [0.1, 0.15) is 0 Å². The third kappa shape index (κ3) is 5.43. The van der Waals surface area contributed by atoms with Gasteiger partial charge in [0.15, 0.2) is 5.96 Å². The van der Waals surface area contributed by atoms with Crippen molar-refractivity contribution in [2.75, 3.05) is 40.3 Å². The molecule has 1 saturated heterocycles. The van der Waals surface area contributed by atoms with Crippen molar-refractivity contribution in [1.29, 1.82) is 0 Å². The molecule has 0 aliphatic carbocycles. The normalized spacial score (nSPS) is 19.9. The van der Waals surface area contributed by atoms with Crippen molar-refractivity contribution in [3.05, 3.63) is 23.0 Å². The van der Waals surface area contributed by atoms with E-state index in [4.69, 9.17) is 16.6 Å². The molecule has 0 amide bonds. The number of likely N-dealkylation sites (tertiary alicyclic amines) is 1. The highest BCUT2D eigenvalue weighted by atomic mass is 35.5. The maximum absolute atomic E-state index is 6.08. The molecule has 1 aliphatic heterocycles. The highest BCUT2D eigenvalue weighted by molar-refractivity contribution is 6.30. The van der Waals surface area contributed by atoms with Gasteiger partial charge in [-0.3, -0.25) is 4.99 Å². The number of hydrogen-bond donors (Lipinski definition) is 1. The lowest BCUT2D eigenvalue weighted by molar-refractivity contribution is 0.214. The molecule has 5 nitrogen and oxygen atoms in total. The van der Waals surface area contributed by atoms with Crippen LogP contribution in [0.3, 0.4) is 0 Å². The van der Waals surface area contributed by atoms with Crippen molar-refractivity contribution >= 4 is 17.6 Å². The number of aryl methyl sites for hydroxylation is 1. The van der Waals surface area contributed by atoms with Crippen LogP contribution < -0.4 is 5.32 Å². The maximum Gasteiger partial charge on any atom is 0.194 e. The number of guanidine groups is 1. The topological polar surface area (TPSA) is 35.8 Å². The Kier molecular flexibility index (Phi) is 6.78. The van der Waals surface area contributed by atoms with Crippen LogP contribution in [-0.2, 0) is 13.6 Å². The van der Waals surface area contributed by atoms with Crippen LogP contribution in [0.5, 0.6) is 0 Å². The summed E-state index contributed by atoms with van der Waals surface area (Å²) in [6.07, 6.45) is 4.50. The number of nitrogens with one attached hydrogen (secondary N) is 1. The van der Waals surface area contributed by atoms with E-state index in [0.29, 0.717) is 5.92 Å². The predicted molar refractivity (Wildman–Crippen MR) is 98.1 cm³/mol. The van der Waals surface area contributed by atoms with E-state index in [9.17, 15) is 0 Å². The Balaban J connectivity index is 1.98. The number of nitrogens with zero attached hydrogens (tertiary/aromatic N) is 4. The minimum Gasteiger partial charge on any atom is -0.357 e. The molecule has 1 N–H and O–H groups in total. The van der Waals surface area contributed by atoms with Crippen molar-refractivity contribution in [3.8, 4) is 0 Å². The van der Waals surface area contributed by atoms with Crippen LogP contribution in [0.4, 0.5) is 0 Å². The Hall–Kier alpha value is -1.20.